The Balaban J connectivity index is 1.70. The van der Waals surface area contributed by atoms with Crippen LogP contribution in [0.3, 0.4) is 0 Å². The molecule has 0 N–H and O–H groups in total. The van der Waals surface area contributed by atoms with Crippen molar-refractivity contribution < 1.29 is 4.74 Å². The molecule has 1 aliphatic rings. The zero-order chi connectivity index (χ0) is 14.7. The lowest BCUT2D eigenvalue weighted by Gasteiger charge is -2.37. The molecule has 5 nitrogen and oxygen atoms in total. The third kappa shape index (κ3) is 3.10. The summed E-state index contributed by atoms with van der Waals surface area (Å²) >= 11 is 3.39. The summed E-state index contributed by atoms with van der Waals surface area (Å²) in [4.78, 5) is 13.0. The van der Waals surface area contributed by atoms with E-state index < -0.39 is 0 Å². The van der Waals surface area contributed by atoms with Crippen LogP contribution in [0.15, 0.2) is 41.3 Å². The average Bonchev–Trinajstić information content (AvgIpc) is 2.55. The Labute approximate surface area is 132 Å². The third-order valence-corrected chi connectivity index (χ3v) is 4.08. The molecule has 21 heavy (non-hydrogen) atoms. The largest absolute Gasteiger partial charge is 0.495 e. The highest BCUT2D eigenvalue weighted by molar-refractivity contribution is 9.10. The van der Waals surface area contributed by atoms with Crippen LogP contribution in [0.4, 0.5) is 11.5 Å². The highest BCUT2D eigenvalue weighted by Crippen LogP contribution is 2.29. The standard InChI is InChI=1S/C15H17BrN4O/c1-21-13-5-3-2-4-12(13)19-6-8-20(9-7-19)15-10-14(16)17-11-18-15/h2-5,10-11H,6-9H2,1H3. The van der Waals surface area contributed by atoms with Gasteiger partial charge in [-0.15, -0.1) is 0 Å². The molecular weight excluding hydrogens is 332 g/mol. The summed E-state index contributed by atoms with van der Waals surface area (Å²) in [7, 11) is 1.72. The fraction of sp³-hybridized carbons (Fsp3) is 0.333. The molecule has 1 fully saturated rings. The van der Waals surface area contributed by atoms with Crippen LogP contribution < -0.4 is 14.5 Å². The predicted octanol–water partition coefficient (Wildman–Crippen LogP) is 2.57. The molecule has 6 heteroatoms. The zero-order valence-corrected chi connectivity index (χ0v) is 13.5. The third-order valence-electron chi connectivity index (χ3n) is 3.65. The number of halogens is 1. The second-order valence-corrected chi connectivity index (χ2v) is 5.66. The Morgan fingerprint density at radius 3 is 2.48 bits per heavy atom. The van der Waals surface area contributed by atoms with Crippen LogP contribution in [0.5, 0.6) is 5.75 Å². The molecule has 1 aliphatic heterocycles. The topological polar surface area (TPSA) is 41.5 Å². The maximum absolute atomic E-state index is 5.44. The van der Waals surface area contributed by atoms with Gasteiger partial charge in [-0.3, -0.25) is 0 Å². The number of benzene rings is 1. The van der Waals surface area contributed by atoms with E-state index in [-0.39, 0.29) is 0 Å². The maximum atomic E-state index is 5.44. The smallest absolute Gasteiger partial charge is 0.142 e. The summed E-state index contributed by atoms with van der Waals surface area (Å²) in [5, 5.41) is 0. The summed E-state index contributed by atoms with van der Waals surface area (Å²) in [5.41, 5.74) is 1.16. The monoisotopic (exact) mass is 348 g/mol. The molecule has 110 valence electrons. The van der Waals surface area contributed by atoms with Crippen LogP contribution in [0.1, 0.15) is 0 Å². The molecule has 2 heterocycles. The van der Waals surface area contributed by atoms with Gasteiger partial charge < -0.3 is 14.5 Å². The second-order valence-electron chi connectivity index (χ2n) is 4.84. The van der Waals surface area contributed by atoms with Crippen LogP contribution in [0.2, 0.25) is 0 Å². The Bertz CT molecular complexity index is 614. The highest BCUT2D eigenvalue weighted by Gasteiger charge is 2.20. The molecule has 0 spiro atoms. The molecule has 1 saturated heterocycles. The number of rotatable bonds is 3. The van der Waals surface area contributed by atoms with Crippen LogP contribution in [0, 0.1) is 0 Å². The van der Waals surface area contributed by atoms with E-state index in [0.717, 1.165) is 48.0 Å². The molecular formula is C15H17BrN4O. The van der Waals surface area contributed by atoms with Crippen molar-refractivity contribution in [2.75, 3.05) is 43.1 Å². The van der Waals surface area contributed by atoms with Crippen molar-refractivity contribution in [1.82, 2.24) is 9.97 Å². The number of ether oxygens (including phenoxy) is 1. The van der Waals surface area contributed by atoms with Crippen molar-refractivity contribution in [3.05, 3.63) is 41.3 Å². The van der Waals surface area contributed by atoms with E-state index in [1.165, 1.54) is 0 Å². The molecule has 2 aromatic rings. The Morgan fingerprint density at radius 1 is 1.05 bits per heavy atom. The fourth-order valence-electron chi connectivity index (χ4n) is 2.56. The SMILES string of the molecule is COc1ccccc1N1CCN(c2cc(Br)ncn2)CC1. The van der Waals surface area contributed by atoms with E-state index in [1.54, 1.807) is 13.4 Å². The molecule has 3 rings (SSSR count). The van der Waals surface area contributed by atoms with Gasteiger partial charge in [0.1, 0.15) is 22.5 Å². The molecule has 0 bridgehead atoms. The van der Waals surface area contributed by atoms with Gasteiger partial charge >= 0.3 is 0 Å². The first-order valence-corrected chi connectivity index (χ1v) is 7.67. The van der Waals surface area contributed by atoms with Gasteiger partial charge in [0.05, 0.1) is 12.8 Å². The van der Waals surface area contributed by atoms with Gasteiger partial charge in [-0.25, -0.2) is 9.97 Å². The van der Waals surface area contributed by atoms with E-state index in [2.05, 4.69) is 41.8 Å². The molecule has 0 amide bonds. The Morgan fingerprint density at radius 2 is 1.76 bits per heavy atom. The fourth-order valence-corrected chi connectivity index (χ4v) is 2.86. The minimum atomic E-state index is 0.819. The quantitative estimate of drug-likeness (QED) is 0.797. The first kappa shape index (κ1) is 14.1. The van der Waals surface area contributed by atoms with Gasteiger partial charge in [-0.2, -0.15) is 0 Å². The van der Waals surface area contributed by atoms with Crippen molar-refractivity contribution in [2.24, 2.45) is 0 Å². The van der Waals surface area contributed by atoms with Crippen LogP contribution in [-0.2, 0) is 0 Å². The second kappa shape index (κ2) is 6.30. The summed E-state index contributed by atoms with van der Waals surface area (Å²) in [5.74, 6) is 1.90. The van der Waals surface area contributed by atoms with Crippen LogP contribution >= 0.6 is 15.9 Å². The Kier molecular flexibility index (Phi) is 4.24. The minimum absolute atomic E-state index is 0.819. The van der Waals surface area contributed by atoms with Crippen molar-refractivity contribution in [3.63, 3.8) is 0 Å². The molecule has 0 atom stereocenters. The lowest BCUT2D eigenvalue weighted by Crippen LogP contribution is -2.47. The van der Waals surface area contributed by atoms with Gasteiger partial charge in [-0.1, -0.05) is 12.1 Å². The number of aromatic nitrogens is 2. The molecule has 0 unspecified atom stereocenters. The first-order chi connectivity index (χ1) is 10.3. The maximum Gasteiger partial charge on any atom is 0.142 e. The lowest BCUT2D eigenvalue weighted by molar-refractivity contribution is 0.413. The Hall–Kier alpha value is -1.82. The van der Waals surface area contributed by atoms with E-state index in [4.69, 9.17) is 4.74 Å². The van der Waals surface area contributed by atoms with Crippen molar-refractivity contribution in [3.8, 4) is 5.75 Å². The van der Waals surface area contributed by atoms with Gasteiger partial charge in [-0.05, 0) is 28.1 Å². The lowest BCUT2D eigenvalue weighted by atomic mass is 10.2. The normalized spacial score (nSPS) is 15.1. The first-order valence-electron chi connectivity index (χ1n) is 6.88. The average molecular weight is 349 g/mol. The number of anilines is 2. The molecule has 1 aromatic heterocycles. The van der Waals surface area contributed by atoms with Gasteiger partial charge in [0.15, 0.2) is 0 Å². The summed E-state index contributed by atoms with van der Waals surface area (Å²) in [6.45, 7) is 3.76. The molecule has 1 aromatic carbocycles. The molecule has 0 saturated carbocycles. The van der Waals surface area contributed by atoms with E-state index in [9.17, 15) is 0 Å². The van der Waals surface area contributed by atoms with Gasteiger partial charge in [0.2, 0.25) is 0 Å². The number of piperazine rings is 1. The van der Waals surface area contributed by atoms with Crippen LogP contribution in [-0.4, -0.2) is 43.3 Å². The summed E-state index contributed by atoms with van der Waals surface area (Å²) < 4.78 is 6.26. The molecule has 0 radical (unpaired) electrons. The number of para-hydroxylation sites is 2. The highest BCUT2D eigenvalue weighted by atomic mass is 79.9. The number of methoxy groups -OCH3 is 1. The van der Waals surface area contributed by atoms with Gasteiger partial charge in [0, 0.05) is 32.2 Å². The number of hydrogen-bond acceptors (Lipinski definition) is 5. The predicted molar refractivity (Wildman–Crippen MR) is 87.2 cm³/mol. The van der Waals surface area contributed by atoms with E-state index in [1.807, 2.05) is 24.3 Å². The van der Waals surface area contributed by atoms with E-state index in [0.29, 0.717) is 0 Å². The van der Waals surface area contributed by atoms with Crippen molar-refractivity contribution in [1.29, 1.82) is 0 Å². The van der Waals surface area contributed by atoms with E-state index >= 15 is 0 Å². The number of nitrogens with zero attached hydrogens (tertiary/aromatic N) is 4. The van der Waals surface area contributed by atoms with Crippen molar-refractivity contribution >= 4 is 27.4 Å². The number of hydrogen-bond donors (Lipinski definition) is 0. The van der Waals surface area contributed by atoms with Crippen molar-refractivity contribution in [2.45, 2.75) is 0 Å². The van der Waals surface area contributed by atoms with Gasteiger partial charge in [0.25, 0.3) is 0 Å². The molecule has 0 aliphatic carbocycles. The minimum Gasteiger partial charge on any atom is -0.495 e. The summed E-state index contributed by atoms with van der Waals surface area (Å²) in [6, 6.07) is 10.1. The van der Waals surface area contributed by atoms with Crippen LogP contribution in [0.25, 0.3) is 0 Å². The summed E-state index contributed by atoms with van der Waals surface area (Å²) in [6.07, 6.45) is 1.59. The zero-order valence-electron chi connectivity index (χ0n) is 11.9.